The minimum absolute atomic E-state index is 0.0491. The first-order valence-corrected chi connectivity index (χ1v) is 20.6. The maximum Gasteiger partial charge on any atom is 0.307 e. The SMILES string of the molecule is CCOC(=O)CCNc1nc(NCc2ccccc2)nc(OCc2ccccc2)c1N=O.CCOC(=O)CCNc1nc(NCc2ccccc2)nc(OCc2ccccc2)c1N=O. The van der Waals surface area contributed by atoms with Crippen molar-refractivity contribution in [1.29, 1.82) is 0 Å². The maximum atomic E-state index is 11.6. The summed E-state index contributed by atoms with van der Waals surface area (Å²) in [5, 5.41) is 18.3. The molecule has 0 saturated heterocycles. The lowest BCUT2D eigenvalue weighted by molar-refractivity contribution is -0.143. The Balaban J connectivity index is 0.000000241. The summed E-state index contributed by atoms with van der Waals surface area (Å²) in [6, 6.07) is 38.5. The lowest BCUT2D eigenvalue weighted by Gasteiger charge is -2.14. The molecule has 18 nitrogen and oxygen atoms in total. The normalized spacial score (nSPS) is 10.3. The third kappa shape index (κ3) is 15.8. The van der Waals surface area contributed by atoms with E-state index in [1.165, 1.54) is 0 Å². The highest BCUT2D eigenvalue weighted by atomic mass is 16.5. The smallest absolute Gasteiger partial charge is 0.307 e. The maximum absolute atomic E-state index is 11.6. The van der Waals surface area contributed by atoms with Gasteiger partial charge in [-0.2, -0.15) is 19.9 Å². The molecule has 64 heavy (non-hydrogen) atoms. The molecule has 0 saturated carbocycles. The topological polar surface area (TPSA) is 230 Å². The molecule has 0 spiro atoms. The van der Waals surface area contributed by atoms with E-state index in [-0.39, 0.29) is 97.8 Å². The Kier molecular flexibility index (Phi) is 19.4. The minimum Gasteiger partial charge on any atom is -0.471 e. The molecule has 18 heteroatoms. The van der Waals surface area contributed by atoms with Crippen molar-refractivity contribution in [3.8, 4) is 11.8 Å². The molecule has 0 aliphatic heterocycles. The second-order valence-corrected chi connectivity index (χ2v) is 13.5. The molecule has 0 unspecified atom stereocenters. The molecular weight excluding hydrogens is 821 g/mol. The van der Waals surface area contributed by atoms with Crippen molar-refractivity contribution in [2.45, 2.75) is 53.0 Å². The van der Waals surface area contributed by atoms with E-state index >= 15 is 0 Å². The van der Waals surface area contributed by atoms with E-state index in [1.54, 1.807) is 13.8 Å². The first-order valence-electron chi connectivity index (χ1n) is 20.6. The van der Waals surface area contributed by atoms with Crippen LogP contribution in [0, 0.1) is 9.81 Å². The number of rotatable bonds is 24. The van der Waals surface area contributed by atoms with Crippen molar-refractivity contribution in [1.82, 2.24) is 19.9 Å². The molecule has 332 valence electrons. The zero-order valence-corrected chi connectivity index (χ0v) is 35.6. The predicted octanol–water partition coefficient (Wildman–Crippen LogP) is 8.86. The fraction of sp³-hybridized carbons (Fsp3) is 0.261. The van der Waals surface area contributed by atoms with Gasteiger partial charge in [-0.15, -0.1) is 9.81 Å². The molecule has 0 bridgehead atoms. The van der Waals surface area contributed by atoms with Crippen LogP contribution in [0.1, 0.15) is 48.9 Å². The quantitative estimate of drug-likeness (QED) is 0.0329. The third-order valence-corrected chi connectivity index (χ3v) is 8.76. The van der Waals surface area contributed by atoms with E-state index in [9.17, 15) is 19.4 Å². The van der Waals surface area contributed by atoms with E-state index in [2.05, 4.69) is 51.6 Å². The van der Waals surface area contributed by atoms with E-state index in [4.69, 9.17) is 18.9 Å². The van der Waals surface area contributed by atoms with Crippen molar-refractivity contribution in [2.75, 3.05) is 47.6 Å². The van der Waals surface area contributed by atoms with Crippen LogP contribution in [0.4, 0.5) is 34.9 Å². The van der Waals surface area contributed by atoms with E-state index in [0.29, 0.717) is 26.3 Å². The second-order valence-electron chi connectivity index (χ2n) is 13.5. The molecular formula is C46H50N10O8. The summed E-state index contributed by atoms with van der Waals surface area (Å²) in [6.45, 7) is 5.91. The van der Waals surface area contributed by atoms with Crippen LogP contribution in [0.2, 0.25) is 0 Å². The zero-order chi connectivity index (χ0) is 45.2. The number of nitrogens with one attached hydrogen (secondary N) is 4. The molecule has 4 N–H and O–H groups in total. The highest BCUT2D eigenvalue weighted by Gasteiger charge is 2.20. The van der Waals surface area contributed by atoms with Crippen molar-refractivity contribution in [3.63, 3.8) is 0 Å². The number of hydrogen-bond donors (Lipinski definition) is 4. The molecule has 0 atom stereocenters. The molecule has 0 radical (unpaired) electrons. The molecule has 0 aliphatic carbocycles. The van der Waals surface area contributed by atoms with E-state index < -0.39 is 0 Å². The summed E-state index contributed by atoms with van der Waals surface area (Å²) >= 11 is 0. The number of carbonyl (C=O) groups is 2. The lowest BCUT2D eigenvalue weighted by Crippen LogP contribution is -2.14. The number of hydrogen-bond acceptors (Lipinski definition) is 18. The molecule has 0 fully saturated rings. The Hall–Kier alpha value is -8.02. The first-order chi connectivity index (χ1) is 31.4. The summed E-state index contributed by atoms with van der Waals surface area (Å²) in [7, 11) is 0. The molecule has 6 rings (SSSR count). The number of nitrogens with zero attached hydrogens (tertiary/aromatic N) is 6. The molecule has 6 aromatic rings. The number of anilines is 4. The molecule has 4 aromatic carbocycles. The van der Waals surface area contributed by atoms with Gasteiger partial charge in [0.2, 0.25) is 23.3 Å². The molecule has 2 aromatic heterocycles. The average molecular weight is 871 g/mol. The molecule has 2 heterocycles. The largest absolute Gasteiger partial charge is 0.471 e. The standard InChI is InChI=1S/2C23H25N5O4/c2*1-2-31-19(29)13-14-24-21-20(28-30)22(32-16-18-11-7-4-8-12-18)27-23(26-21)25-15-17-9-5-3-6-10-17/h2*3-12H,2,13-16H2,1H3,(H2,24,25,26,27). The number of benzene rings is 4. The lowest BCUT2D eigenvalue weighted by atomic mass is 10.2. The third-order valence-electron chi connectivity index (χ3n) is 8.76. The summed E-state index contributed by atoms with van der Waals surface area (Å²) in [4.78, 5) is 63.8. The Labute approximate surface area is 370 Å². The fourth-order valence-corrected chi connectivity index (χ4v) is 5.68. The van der Waals surface area contributed by atoms with Crippen LogP contribution in [0.5, 0.6) is 11.8 Å². The van der Waals surface area contributed by atoms with Gasteiger partial charge in [-0.3, -0.25) is 9.59 Å². The minimum atomic E-state index is -0.349. The van der Waals surface area contributed by atoms with Gasteiger partial charge in [-0.05, 0) is 46.5 Å². The Morgan fingerprint density at radius 1 is 0.484 bits per heavy atom. The summed E-state index contributed by atoms with van der Waals surface area (Å²) < 4.78 is 21.4. The van der Waals surface area contributed by atoms with Gasteiger partial charge in [-0.25, -0.2) is 0 Å². The second kappa shape index (κ2) is 26.3. The van der Waals surface area contributed by atoms with Crippen LogP contribution in [-0.4, -0.2) is 58.2 Å². The van der Waals surface area contributed by atoms with Crippen molar-refractivity contribution >= 4 is 46.8 Å². The summed E-state index contributed by atoms with van der Waals surface area (Å²) in [6.07, 6.45) is 0.228. The molecule has 0 amide bonds. The first kappa shape index (κ1) is 47.0. The number of aromatic nitrogens is 4. The van der Waals surface area contributed by atoms with Crippen LogP contribution in [0.25, 0.3) is 0 Å². The van der Waals surface area contributed by atoms with Gasteiger partial charge in [0.05, 0.1) is 26.1 Å². The number of esters is 2. The monoisotopic (exact) mass is 870 g/mol. The summed E-state index contributed by atoms with van der Waals surface area (Å²) in [5.74, 6) is 0.290. The van der Waals surface area contributed by atoms with Gasteiger partial charge in [0.1, 0.15) is 13.2 Å². The van der Waals surface area contributed by atoms with E-state index in [1.807, 2.05) is 121 Å². The Bertz CT molecular complexity index is 2200. The van der Waals surface area contributed by atoms with Crippen molar-refractivity contribution in [3.05, 3.63) is 153 Å². The van der Waals surface area contributed by atoms with Crippen LogP contribution >= 0.6 is 0 Å². The fourth-order valence-electron chi connectivity index (χ4n) is 5.68. The van der Waals surface area contributed by atoms with Gasteiger partial charge in [-0.1, -0.05) is 121 Å². The Morgan fingerprint density at radius 3 is 1.16 bits per heavy atom. The van der Waals surface area contributed by atoms with E-state index in [0.717, 1.165) is 22.3 Å². The predicted molar refractivity (Wildman–Crippen MR) is 244 cm³/mol. The van der Waals surface area contributed by atoms with Crippen molar-refractivity contribution < 1.29 is 28.5 Å². The van der Waals surface area contributed by atoms with Crippen LogP contribution < -0.4 is 30.7 Å². The van der Waals surface area contributed by atoms with Gasteiger partial charge >= 0.3 is 11.9 Å². The zero-order valence-electron chi connectivity index (χ0n) is 35.6. The van der Waals surface area contributed by atoms with Crippen LogP contribution in [-0.2, 0) is 45.4 Å². The molecule has 0 aliphatic rings. The number of ether oxygens (including phenoxy) is 4. The van der Waals surface area contributed by atoms with Crippen LogP contribution in [0.15, 0.2) is 132 Å². The Morgan fingerprint density at radius 2 is 0.828 bits per heavy atom. The number of carbonyl (C=O) groups excluding carboxylic acids is 2. The highest BCUT2D eigenvalue weighted by molar-refractivity contribution is 5.73. The highest BCUT2D eigenvalue weighted by Crippen LogP contribution is 2.35. The summed E-state index contributed by atoms with van der Waals surface area (Å²) in [5.41, 5.74) is 3.79. The van der Waals surface area contributed by atoms with Gasteiger partial charge in [0.15, 0.2) is 11.6 Å². The number of nitroso groups, excluding NO2 is 2. The van der Waals surface area contributed by atoms with Gasteiger partial charge in [0, 0.05) is 26.2 Å². The van der Waals surface area contributed by atoms with Crippen LogP contribution in [0.3, 0.4) is 0 Å². The van der Waals surface area contributed by atoms with Gasteiger partial charge < -0.3 is 40.2 Å². The average Bonchev–Trinajstić information content (AvgIpc) is 3.33. The van der Waals surface area contributed by atoms with Gasteiger partial charge in [0.25, 0.3) is 11.8 Å². The van der Waals surface area contributed by atoms with Crippen molar-refractivity contribution in [2.24, 2.45) is 10.4 Å².